The Labute approximate surface area is 311 Å². The van der Waals surface area contributed by atoms with Crippen molar-refractivity contribution < 1.29 is 50.9 Å². The third-order valence-electron chi connectivity index (χ3n) is 9.71. The summed E-state index contributed by atoms with van der Waals surface area (Å²) in [4.78, 5) is 42.4. The van der Waals surface area contributed by atoms with Crippen LogP contribution in [0.2, 0.25) is 0 Å². The number of nitrogens with zero attached hydrogens (tertiary/aromatic N) is 2. The monoisotopic (exact) mass is 774 g/mol. The zero-order valence-electron chi connectivity index (χ0n) is 30.5. The summed E-state index contributed by atoms with van der Waals surface area (Å²) < 4.78 is 77.8. The van der Waals surface area contributed by atoms with E-state index in [-0.39, 0.29) is 58.2 Å². The van der Waals surface area contributed by atoms with E-state index in [0.717, 1.165) is 23.6 Å². The molecule has 15 nitrogen and oxygen atoms in total. The number of hydrogen-bond acceptors (Lipinski definition) is 10. The zero-order valence-corrected chi connectivity index (χ0v) is 31.3. The van der Waals surface area contributed by atoms with Gasteiger partial charge < -0.3 is 35.3 Å². The number of aliphatic hydroxyl groups excluding tert-OH is 1. The summed E-state index contributed by atoms with van der Waals surface area (Å²) in [6, 6.07) is 5.72. The Hall–Kier alpha value is -2.84. The minimum atomic E-state index is -4.26. The number of alkyl halides is 2. The van der Waals surface area contributed by atoms with E-state index in [1.54, 1.807) is 37.3 Å². The number of carbonyl (C=O) groups excluding carboxylic acids is 3. The predicted octanol–water partition coefficient (Wildman–Crippen LogP) is 0.533. The van der Waals surface area contributed by atoms with Crippen LogP contribution in [0.4, 0.5) is 8.78 Å². The first kappa shape index (κ1) is 42.9. The lowest BCUT2D eigenvalue weighted by Crippen LogP contribution is -2.62. The maximum atomic E-state index is 15.6. The Bertz CT molecular complexity index is 1400. The molecular weight excluding hydrogens is 718 g/mol. The highest BCUT2D eigenvalue weighted by molar-refractivity contribution is 7.87. The van der Waals surface area contributed by atoms with Crippen molar-refractivity contribution in [1.29, 1.82) is 0 Å². The number of carbonyl (C=O) groups is 3. The quantitative estimate of drug-likeness (QED) is 0.117. The largest absolute Gasteiger partial charge is 0.384 e. The molecule has 2 heterocycles. The molecule has 53 heavy (non-hydrogen) atoms. The number of morpholine rings is 2. The third kappa shape index (κ3) is 13.5. The molecule has 18 heteroatoms. The summed E-state index contributed by atoms with van der Waals surface area (Å²) in [5.41, 5.74) is 0.633. The van der Waals surface area contributed by atoms with Crippen molar-refractivity contribution in [3.63, 3.8) is 0 Å². The summed E-state index contributed by atoms with van der Waals surface area (Å²) in [5.74, 6) is -7.94. The molecule has 0 bridgehead atoms. The lowest BCUT2D eigenvalue weighted by atomic mass is 9.83. The molecule has 4 rings (SSSR count). The molecule has 2 saturated heterocycles. The van der Waals surface area contributed by atoms with Crippen molar-refractivity contribution in [2.75, 3.05) is 72.3 Å². The van der Waals surface area contributed by atoms with Crippen LogP contribution in [0.5, 0.6) is 0 Å². The van der Waals surface area contributed by atoms with E-state index in [1.807, 2.05) is 4.90 Å². The van der Waals surface area contributed by atoms with Gasteiger partial charge in [0.1, 0.15) is 12.1 Å². The zero-order chi connectivity index (χ0) is 38.3. The summed E-state index contributed by atoms with van der Waals surface area (Å²) in [5, 5.41) is 18.3. The molecule has 2 aliphatic heterocycles. The maximum Gasteiger partial charge on any atom is 0.351 e. The van der Waals surface area contributed by atoms with Crippen LogP contribution in [-0.2, 0) is 45.2 Å². The summed E-state index contributed by atoms with van der Waals surface area (Å²) in [6.45, 7) is 4.77. The topological polar surface area (TPSA) is 188 Å². The maximum absolute atomic E-state index is 15.6. The van der Waals surface area contributed by atoms with Gasteiger partial charge in [-0.3, -0.25) is 19.3 Å². The molecule has 3 amide bonds. The van der Waals surface area contributed by atoms with Crippen molar-refractivity contribution in [2.24, 2.45) is 5.92 Å². The molecule has 1 unspecified atom stereocenters. The normalized spacial score (nSPS) is 20.5. The first-order chi connectivity index (χ1) is 25.4. The second kappa shape index (κ2) is 21.3. The minimum absolute atomic E-state index is 0.0151. The van der Waals surface area contributed by atoms with Crippen LogP contribution in [0.3, 0.4) is 0 Å². The van der Waals surface area contributed by atoms with Crippen molar-refractivity contribution in [2.45, 2.75) is 88.6 Å². The summed E-state index contributed by atoms with van der Waals surface area (Å²) in [6.07, 6.45) is 0.103. The first-order valence-corrected chi connectivity index (χ1v) is 20.1. The lowest BCUT2D eigenvalue weighted by molar-refractivity contribution is -0.169. The number of hydrogen-bond donors (Lipinski definition) is 5. The average Bonchev–Trinajstić information content (AvgIpc) is 3.17. The number of nitrogens with one attached hydrogen (secondary N) is 4. The average molecular weight is 775 g/mol. The third-order valence-corrected chi connectivity index (χ3v) is 11.3. The number of aliphatic hydroxyl groups is 1. The van der Waals surface area contributed by atoms with Crippen LogP contribution < -0.4 is 20.7 Å². The molecule has 1 aliphatic carbocycles. The van der Waals surface area contributed by atoms with Crippen molar-refractivity contribution in [1.82, 2.24) is 29.9 Å². The number of benzene rings is 1. The van der Waals surface area contributed by atoms with Crippen LogP contribution >= 0.6 is 0 Å². The van der Waals surface area contributed by atoms with Gasteiger partial charge in [0.25, 0.3) is 22.0 Å². The molecule has 300 valence electrons. The fourth-order valence-corrected chi connectivity index (χ4v) is 8.02. The van der Waals surface area contributed by atoms with E-state index in [1.165, 1.54) is 0 Å². The highest BCUT2D eigenvalue weighted by Gasteiger charge is 2.51. The predicted molar refractivity (Wildman–Crippen MR) is 191 cm³/mol. The van der Waals surface area contributed by atoms with E-state index in [0.29, 0.717) is 57.7 Å². The van der Waals surface area contributed by atoms with Gasteiger partial charge in [0, 0.05) is 45.9 Å². The SMILES string of the molecule is CCCO[C@H](NC(=O)[C@H](Cc1ccccc1)NS(=O)(=O)N1CCOCC1)C(=O)N[C@@H](CC1CCCCC1)C(O)C(F)(F)C(=O)NCCN1CCOCC1. The fourth-order valence-electron chi connectivity index (χ4n) is 6.69. The van der Waals surface area contributed by atoms with Gasteiger partial charge in [0.2, 0.25) is 12.1 Å². The van der Waals surface area contributed by atoms with Crippen molar-refractivity contribution in [3.05, 3.63) is 35.9 Å². The Morgan fingerprint density at radius 1 is 0.962 bits per heavy atom. The van der Waals surface area contributed by atoms with E-state index in [9.17, 15) is 27.9 Å². The van der Waals surface area contributed by atoms with E-state index in [2.05, 4.69) is 20.7 Å². The van der Waals surface area contributed by atoms with Gasteiger partial charge in [0.15, 0.2) is 0 Å². The van der Waals surface area contributed by atoms with Gasteiger partial charge in [-0.2, -0.15) is 26.2 Å². The lowest BCUT2D eigenvalue weighted by Gasteiger charge is -2.34. The molecule has 3 aliphatic rings. The number of halogens is 2. The molecule has 0 aromatic heterocycles. The molecular formula is C35H56F2N6O9S. The molecule has 0 radical (unpaired) electrons. The van der Waals surface area contributed by atoms with Gasteiger partial charge in [-0.15, -0.1) is 0 Å². The Morgan fingerprint density at radius 3 is 2.25 bits per heavy atom. The highest BCUT2D eigenvalue weighted by atomic mass is 32.2. The highest BCUT2D eigenvalue weighted by Crippen LogP contribution is 2.31. The summed E-state index contributed by atoms with van der Waals surface area (Å²) in [7, 11) is -4.17. The Kier molecular flexibility index (Phi) is 17.2. The number of amides is 3. The van der Waals surface area contributed by atoms with Crippen LogP contribution in [-0.4, -0.2) is 143 Å². The molecule has 5 N–H and O–H groups in total. The molecule has 3 fully saturated rings. The van der Waals surface area contributed by atoms with Gasteiger partial charge in [0.05, 0.1) is 32.5 Å². The Morgan fingerprint density at radius 2 is 1.60 bits per heavy atom. The van der Waals surface area contributed by atoms with Crippen LogP contribution in [0, 0.1) is 5.92 Å². The minimum Gasteiger partial charge on any atom is -0.384 e. The fraction of sp³-hybridized carbons (Fsp3) is 0.743. The molecule has 4 atom stereocenters. The smallest absolute Gasteiger partial charge is 0.351 e. The van der Waals surface area contributed by atoms with Crippen LogP contribution in [0.1, 0.15) is 57.4 Å². The Balaban J connectivity index is 1.50. The van der Waals surface area contributed by atoms with E-state index >= 15 is 8.78 Å². The number of rotatable bonds is 20. The van der Waals surface area contributed by atoms with Gasteiger partial charge >= 0.3 is 5.92 Å². The molecule has 1 aromatic carbocycles. The van der Waals surface area contributed by atoms with E-state index in [4.69, 9.17) is 14.2 Å². The first-order valence-electron chi connectivity index (χ1n) is 18.7. The second-order valence-electron chi connectivity index (χ2n) is 13.8. The summed E-state index contributed by atoms with van der Waals surface area (Å²) >= 11 is 0. The van der Waals surface area contributed by atoms with Crippen LogP contribution in [0.25, 0.3) is 0 Å². The number of ether oxygens (including phenoxy) is 3. The molecule has 1 aromatic rings. The second-order valence-corrected chi connectivity index (χ2v) is 15.5. The molecule has 1 saturated carbocycles. The van der Waals surface area contributed by atoms with Crippen LogP contribution in [0.15, 0.2) is 30.3 Å². The van der Waals surface area contributed by atoms with Crippen molar-refractivity contribution >= 4 is 27.9 Å². The van der Waals surface area contributed by atoms with E-state index < -0.39 is 58.3 Å². The van der Waals surface area contributed by atoms with Gasteiger partial charge in [-0.05, 0) is 30.7 Å². The van der Waals surface area contributed by atoms with Gasteiger partial charge in [-0.25, -0.2) is 0 Å². The molecule has 0 spiro atoms. The van der Waals surface area contributed by atoms with Crippen molar-refractivity contribution in [3.8, 4) is 0 Å². The van der Waals surface area contributed by atoms with Gasteiger partial charge in [-0.1, -0.05) is 69.4 Å². The standard InChI is InChI=1S/C35H56F2N6O9S/c1-2-19-52-33(40-31(45)29(25-27-11-7-4-8-12-27)41-53(48,49)43-17-22-51-23-18-43)32(46)39-28(24-26-9-5-3-6-10-26)30(44)35(36,37)34(47)38-13-14-42-15-20-50-21-16-42/h4,7-8,11-12,26,28-30,33,41,44H,2-3,5-6,9-10,13-25H2,1H3,(H,38,47)(H,39,46)(H,40,45)/t28-,29-,30?,33-/m0/s1.